The van der Waals surface area contributed by atoms with Crippen LogP contribution in [0.2, 0.25) is 0 Å². The maximum absolute atomic E-state index is 11.7. The Labute approximate surface area is 164 Å². The van der Waals surface area contributed by atoms with Gasteiger partial charge in [0.2, 0.25) is 10.0 Å². The van der Waals surface area contributed by atoms with Gasteiger partial charge >= 0.3 is 0 Å². The smallest absolute Gasteiger partial charge is 0.209 e. The highest BCUT2D eigenvalue weighted by Gasteiger charge is 2.33. The summed E-state index contributed by atoms with van der Waals surface area (Å²) in [5.74, 6) is 0.646. The molecule has 6 heteroatoms. The van der Waals surface area contributed by atoms with Gasteiger partial charge < -0.3 is 4.74 Å². The van der Waals surface area contributed by atoms with Crippen molar-refractivity contribution < 1.29 is 13.2 Å². The van der Waals surface area contributed by atoms with Crippen LogP contribution in [0.3, 0.4) is 0 Å². The molecule has 1 saturated carbocycles. The summed E-state index contributed by atoms with van der Waals surface area (Å²) >= 11 is 0. The summed E-state index contributed by atoms with van der Waals surface area (Å²) in [5.41, 5.74) is 1.44. The number of hydrogen-bond donors (Lipinski definition) is 1. The van der Waals surface area contributed by atoms with E-state index in [1.807, 2.05) is 0 Å². The number of likely N-dealkylation sites (N-methyl/N-ethyl adjacent to an activating group) is 1. The Kier molecular flexibility index (Phi) is 7.31. The van der Waals surface area contributed by atoms with E-state index >= 15 is 0 Å². The summed E-state index contributed by atoms with van der Waals surface area (Å²) in [4.78, 5) is 2.36. The standard InChI is InChI=1S/C21H34N2O3S/c1-3-23-15-7-10-20(22-27(2,24)25)21(23)16-26-19-13-11-18(12-14-19)17-8-5-4-6-9-17/h4-6,8-9,18-22H,3,7,10-16H2,1-2H3/t18?,19?,20-,21?/m0/s1. The Hall–Kier alpha value is -0.950. The SMILES string of the molecule is CCN1CCC[C@H](NS(C)(=O)=O)C1COC1CCC(c2ccccc2)CC1. The number of ether oxygens (including phenoxy) is 1. The van der Waals surface area contributed by atoms with Gasteiger partial charge in [-0.2, -0.15) is 0 Å². The zero-order valence-electron chi connectivity index (χ0n) is 16.6. The summed E-state index contributed by atoms with van der Waals surface area (Å²) < 4.78 is 32.6. The molecule has 2 atom stereocenters. The third-order valence-corrected chi connectivity index (χ3v) is 6.84. The molecule has 1 aromatic rings. The predicted molar refractivity (Wildman–Crippen MR) is 109 cm³/mol. The second-order valence-electron chi connectivity index (χ2n) is 8.05. The van der Waals surface area contributed by atoms with Crippen molar-refractivity contribution in [3.05, 3.63) is 35.9 Å². The van der Waals surface area contributed by atoms with Crippen LogP contribution in [0.5, 0.6) is 0 Å². The number of likely N-dealkylation sites (tertiary alicyclic amines) is 1. The van der Waals surface area contributed by atoms with E-state index in [0.29, 0.717) is 18.6 Å². The lowest BCUT2D eigenvalue weighted by atomic mass is 9.83. The van der Waals surface area contributed by atoms with Gasteiger partial charge in [-0.1, -0.05) is 37.3 Å². The van der Waals surface area contributed by atoms with Crippen molar-refractivity contribution in [1.82, 2.24) is 9.62 Å². The molecule has 1 aliphatic heterocycles. The van der Waals surface area contributed by atoms with E-state index in [1.54, 1.807) is 0 Å². The first-order chi connectivity index (χ1) is 13.0. The van der Waals surface area contributed by atoms with Crippen LogP contribution in [-0.4, -0.2) is 57.5 Å². The monoisotopic (exact) mass is 394 g/mol. The summed E-state index contributed by atoms with van der Waals surface area (Å²) in [6.07, 6.45) is 7.97. The number of nitrogens with zero attached hydrogens (tertiary/aromatic N) is 1. The Morgan fingerprint density at radius 3 is 2.44 bits per heavy atom. The molecule has 152 valence electrons. The molecular formula is C21H34N2O3S. The molecule has 1 saturated heterocycles. The van der Waals surface area contributed by atoms with Crippen molar-refractivity contribution in [2.75, 3.05) is 26.0 Å². The normalized spacial score (nSPS) is 30.3. The molecule has 0 spiro atoms. The van der Waals surface area contributed by atoms with Crippen LogP contribution >= 0.6 is 0 Å². The quantitative estimate of drug-likeness (QED) is 0.772. The van der Waals surface area contributed by atoms with Gasteiger partial charge in [0.25, 0.3) is 0 Å². The van der Waals surface area contributed by atoms with E-state index in [0.717, 1.165) is 38.8 Å². The molecule has 1 aliphatic carbocycles. The van der Waals surface area contributed by atoms with Crippen molar-refractivity contribution in [2.45, 2.75) is 69.6 Å². The number of nitrogens with one attached hydrogen (secondary N) is 1. The number of sulfonamides is 1. The van der Waals surface area contributed by atoms with Crippen molar-refractivity contribution in [3.63, 3.8) is 0 Å². The highest BCUT2D eigenvalue weighted by atomic mass is 32.2. The maximum Gasteiger partial charge on any atom is 0.209 e. The third kappa shape index (κ3) is 6.01. The zero-order chi connectivity index (χ0) is 19.3. The Morgan fingerprint density at radius 2 is 1.81 bits per heavy atom. The van der Waals surface area contributed by atoms with Crippen LogP contribution in [0, 0.1) is 0 Å². The fraction of sp³-hybridized carbons (Fsp3) is 0.714. The number of rotatable bonds is 7. The fourth-order valence-electron chi connectivity index (χ4n) is 4.68. The zero-order valence-corrected chi connectivity index (χ0v) is 17.5. The number of benzene rings is 1. The van der Waals surface area contributed by atoms with E-state index in [-0.39, 0.29) is 12.1 Å². The predicted octanol–water partition coefficient (Wildman–Crippen LogP) is 3.13. The van der Waals surface area contributed by atoms with Crippen LogP contribution in [0.25, 0.3) is 0 Å². The van der Waals surface area contributed by atoms with Gasteiger partial charge in [0.05, 0.1) is 19.0 Å². The molecule has 0 bridgehead atoms. The maximum atomic E-state index is 11.7. The first-order valence-electron chi connectivity index (χ1n) is 10.3. The summed E-state index contributed by atoms with van der Waals surface area (Å²) in [6, 6.07) is 10.9. The van der Waals surface area contributed by atoms with E-state index < -0.39 is 10.0 Å². The number of piperidine rings is 1. The topological polar surface area (TPSA) is 58.6 Å². The second kappa shape index (κ2) is 9.50. The minimum Gasteiger partial charge on any atom is -0.377 e. The number of hydrogen-bond acceptors (Lipinski definition) is 4. The molecule has 0 radical (unpaired) electrons. The molecule has 5 nitrogen and oxygen atoms in total. The van der Waals surface area contributed by atoms with Crippen LogP contribution in [-0.2, 0) is 14.8 Å². The second-order valence-corrected chi connectivity index (χ2v) is 9.83. The first-order valence-corrected chi connectivity index (χ1v) is 12.2. The molecule has 2 aliphatic rings. The molecule has 0 amide bonds. The van der Waals surface area contributed by atoms with Crippen molar-refractivity contribution in [3.8, 4) is 0 Å². The highest BCUT2D eigenvalue weighted by Crippen LogP contribution is 2.34. The van der Waals surface area contributed by atoms with Crippen molar-refractivity contribution in [2.24, 2.45) is 0 Å². The first kappa shape index (κ1) is 20.8. The molecule has 1 N–H and O–H groups in total. The van der Waals surface area contributed by atoms with Gasteiger partial charge in [-0.05, 0) is 63.1 Å². The lowest BCUT2D eigenvalue weighted by molar-refractivity contribution is -0.0260. The average molecular weight is 395 g/mol. The van der Waals surface area contributed by atoms with Crippen LogP contribution in [0.4, 0.5) is 0 Å². The molecular weight excluding hydrogens is 360 g/mol. The van der Waals surface area contributed by atoms with Crippen molar-refractivity contribution in [1.29, 1.82) is 0 Å². The fourth-order valence-corrected chi connectivity index (χ4v) is 5.50. The van der Waals surface area contributed by atoms with Crippen molar-refractivity contribution >= 4 is 10.0 Å². The van der Waals surface area contributed by atoms with Crippen LogP contribution in [0.1, 0.15) is 56.9 Å². The molecule has 3 rings (SSSR count). The van der Waals surface area contributed by atoms with E-state index in [9.17, 15) is 8.42 Å². The summed E-state index contributed by atoms with van der Waals surface area (Å²) in [7, 11) is -3.20. The van der Waals surface area contributed by atoms with Gasteiger partial charge in [-0.15, -0.1) is 0 Å². The van der Waals surface area contributed by atoms with E-state index in [1.165, 1.54) is 24.7 Å². The average Bonchev–Trinajstić information content (AvgIpc) is 2.66. The van der Waals surface area contributed by atoms with Crippen LogP contribution < -0.4 is 4.72 Å². The minimum absolute atomic E-state index is 0.0469. The van der Waals surface area contributed by atoms with Gasteiger partial charge in [0, 0.05) is 12.1 Å². The Balaban J connectivity index is 1.53. The Morgan fingerprint density at radius 1 is 1.11 bits per heavy atom. The molecule has 1 unspecified atom stereocenters. The Bertz CT molecular complexity index is 672. The van der Waals surface area contributed by atoms with Gasteiger partial charge in [0.1, 0.15) is 0 Å². The van der Waals surface area contributed by atoms with Gasteiger partial charge in [-0.25, -0.2) is 13.1 Å². The van der Waals surface area contributed by atoms with E-state index in [4.69, 9.17) is 4.74 Å². The molecule has 2 fully saturated rings. The summed E-state index contributed by atoms with van der Waals surface area (Å²) in [5, 5.41) is 0. The highest BCUT2D eigenvalue weighted by molar-refractivity contribution is 7.88. The molecule has 27 heavy (non-hydrogen) atoms. The summed E-state index contributed by atoms with van der Waals surface area (Å²) in [6.45, 7) is 4.70. The largest absolute Gasteiger partial charge is 0.377 e. The lowest BCUT2D eigenvalue weighted by Crippen LogP contribution is -2.57. The van der Waals surface area contributed by atoms with Gasteiger partial charge in [-0.3, -0.25) is 4.90 Å². The minimum atomic E-state index is -3.20. The third-order valence-electron chi connectivity index (χ3n) is 6.11. The molecule has 1 aromatic carbocycles. The van der Waals surface area contributed by atoms with E-state index in [2.05, 4.69) is 46.9 Å². The molecule has 0 aromatic heterocycles. The van der Waals surface area contributed by atoms with Crippen LogP contribution in [0.15, 0.2) is 30.3 Å². The molecule has 1 heterocycles. The van der Waals surface area contributed by atoms with Gasteiger partial charge in [0.15, 0.2) is 0 Å². The lowest BCUT2D eigenvalue weighted by Gasteiger charge is -2.41.